The molecule has 0 aliphatic rings. The van der Waals surface area contributed by atoms with Crippen molar-refractivity contribution in [3.8, 4) is 0 Å². The van der Waals surface area contributed by atoms with Gasteiger partial charge in [0.15, 0.2) is 0 Å². The first-order valence-electron chi connectivity index (χ1n) is 3.40. The fourth-order valence-corrected chi connectivity index (χ4v) is 0.759. The van der Waals surface area contributed by atoms with Gasteiger partial charge in [-0.1, -0.05) is 6.92 Å². The molecule has 0 saturated heterocycles. The van der Waals surface area contributed by atoms with Gasteiger partial charge >= 0.3 is 11.8 Å². The molecule has 0 fully saturated rings. The monoisotopic (exact) mass is 174 g/mol. The van der Waals surface area contributed by atoms with Crippen molar-refractivity contribution in [2.24, 2.45) is 0 Å². The molecule has 0 atom stereocenters. The minimum Gasteiger partial charge on any atom is -0.358 e. The van der Waals surface area contributed by atoms with E-state index in [2.05, 4.69) is 10.3 Å². The van der Waals surface area contributed by atoms with Crippen LogP contribution in [0.25, 0.3) is 0 Å². The lowest BCUT2D eigenvalue weighted by Crippen LogP contribution is -2.02. The third kappa shape index (κ3) is 1.39. The van der Waals surface area contributed by atoms with Crippen LogP contribution in [0.3, 0.4) is 0 Å². The molecule has 0 unspecified atom stereocenters. The zero-order valence-electron chi connectivity index (χ0n) is 6.40. The maximum Gasteiger partial charge on any atom is 0.447 e. The summed E-state index contributed by atoms with van der Waals surface area (Å²) in [5, 5.41) is 16.4. The summed E-state index contributed by atoms with van der Waals surface area (Å²) in [5.41, 5.74) is 0. The Morgan fingerprint density at radius 3 is 2.83 bits per heavy atom. The van der Waals surface area contributed by atoms with E-state index >= 15 is 0 Å². The number of halogens is 1. The van der Waals surface area contributed by atoms with Crippen LogP contribution in [0.2, 0.25) is 0 Å². The summed E-state index contributed by atoms with van der Waals surface area (Å²) in [7, 11) is 0. The molecule has 1 aromatic heterocycles. The molecule has 6 nitrogen and oxygen atoms in total. The number of aromatic nitrogens is 3. The smallest absolute Gasteiger partial charge is 0.358 e. The van der Waals surface area contributed by atoms with Crippen LogP contribution in [-0.4, -0.2) is 19.9 Å². The number of hydrogen-bond donors (Lipinski definition) is 0. The average molecular weight is 174 g/mol. The first kappa shape index (κ1) is 8.57. The SMILES string of the molecule is CCCn1nnc([N+](=O)[O-])c1F. The Labute approximate surface area is 67.1 Å². The second-order valence-corrected chi connectivity index (χ2v) is 2.18. The van der Waals surface area contributed by atoms with E-state index in [4.69, 9.17) is 0 Å². The number of aryl methyl sites for hydroxylation is 1. The standard InChI is InChI=1S/C5H7FN4O2/c1-2-3-9-4(6)5(7-8-9)10(11)12/h2-3H2,1H3. The topological polar surface area (TPSA) is 73.8 Å². The quantitative estimate of drug-likeness (QED) is 0.500. The highest BCUT2D eigenvalue weighted by Crippen LogP contribution is 2.11. The molecule has 0 spiro atoms. The predicted octanol–water partition coefficient (Wildman–Crippen LogP) is 0.735. The predicted molar refractivity (Wildman–Crippen MR) is 36.9 cm³/mol. The molecule has 0 aliphatic heterocycles. The van der Waals surface area contributed by atoms with Gasteiger partial charge in [0.25, 0.3) is 0 Å². The Hall–Kier alpha value is -1.53. The van der Waals surface area contributed by atoms with Crippen molar-refractivity contribution in [2.75, 3.05) is 0 Å². The van der Waals surface area contributed by atoms with Crippen LogP contribution in [0.4, 0.5) is 10.2 Å². The molecule has 1 aromatic rings. The van der Waals surface area contributed by atoms with Crippen LogP contribution in [0.15, 0.2) is 0 Å². The lowest BCUT2D eigenvalue weighted by Gasteiger charge is -1.92. The molecule has 0 aliphatic carbocycles. The maximum absolute atomic E-state index is 12.9. The summed E-state index contributed by atoms with van der Waals surface area (Å²) in [6.45, 7) is 2.11. The lowest BCUT2D eigenvalue weighted by molar-refractivity contribution is -0.392. The van der Waals surface area contributed by atoms with Crippen LogP contribution >= 0.6 is 0 Å². The summed E-state index contributed by atoms with van der Waals surface area (Å²) < 4.78 is 13.7. The van der Waals surface area contributed by atoms with Gasteiger partial charge in [0.1, 0.15) is 5.10 Å². The lowest BCUT2D eigenvalue weighted by atomic mass is 10.5. The molecule has 0 N–H and O–H groups in total. The third-order valence-electron chi connectivity index (χ3n) is 1.27. The fourth-order valence-electron chi connectivity index (χ4n) is 0.759. The summed E-state index contributed by atoms with van der Waals surface area (Å²) in [4.78, 5) is 9.19. The minimum absolute atomic E-state index is 0.298. The highest BCUT2D eigenvalue weighted by atomic mass is 19.1. The second-order valence-electron chi connectivity index (χ2n) is 2.18. The normalized spacial score (nSPS) is 10.2. The van der Waals surface area contributed by atoms with E-state index < -0.39 is 16.7 Å². The molecule has 0 aromatic carbocycles. The van der Waals surface area contributed by atoms with Crippen LogP contribution in [0.1, 0.15) is 13.3 Å². The summed E-state index contributed by atoms with van der Waals surface area (Å²) in [6, 6.07) is 0. The summed E-state index contributed by atoms with van der Waals surface area (Å²) in [5.74, 6) is -1.80. The van der Waals surface area contributed by atoms with Crippen LogP contribution < -0.4 is 0 Å². The Morgan fingerprint density at radius 2 is 2.42 bits per heavy atom. The molecule has 0 bridgehead atoms. The third-order valence-corrected chi connectivity index (χ3v) is 1.27. The molecular weight excluding hydrogens is 167 g/mol. The van der Waals surface area contributed by atoms with Gasteiger partial charge in [-0.15, -0.1) is 0 Å². The molecule has 7 heteroatoms. The van der Waals surface area contributed by atoms with Gasteiger partial charge in [-0.05, 0) is 11.3 Å². The van der Waals surface area contributed by atoms with E-state index in [0.717, 1.165) is 4.68 Å². The largest absolute Gasteiger partial charge is 0.447 e. The molecular formula is C5H7FN4O2. The van der Waals surface area contributed by atoms with Crippen molar-refractivity contribution >= 4 is 5.82 Å². The second kappa shape index (κ2) is 3.24. The maximum atomic E-state index is 12.9. The number of nitro groups is 1. The molecule has 0 saturated carbocycles. The molecule has 1 rings (SSSR count). The Morgan fingerprint density at radius 1 is 1.75 bits per heavy atom. The van der Waals surface area contributed by atoms with E-state index in [9.17, 15) is 14.5 Å². The number of rotatable bonds is 3. The van der Waals surface area contributed by atoms with Crippen molar-refractivity contribution in [1.29, 1.82) is 0 Å². The van der Waals surface area contributed by atoms with Gasteiger partial charge in [-0.2, -0.15) is 9.07 Å². The van der Waals surface area contributed by atoms with Crippen molar-refractivity contribution < 1.29 is 9.31 Å². The number of nitrogens with zero attached hydrogens (tertiary/aromatic N) is 4. The van der Waals surface area contributed by atoms with E-state index in [1.807, 2.05) is 6.92 Å². The highest BCUT2D eigenvalue weighted by molar-refractivity contribution is 5.12. The van der Waals surface area contributed by atoms with Crippen molar-refractivity contribution in [3.63, 3.8) is 0 Å². The first-order valence-corrected chi connectivity index (χ1v) is 3.40. The van der Waals surface area contributed by atoms with E-state index in [0.29, 0.717) is 13.0 Å². The van der Waals surface area contributed by atoms with Gasteiger partial charge in [-0.25, -0.2) is 0 Å². The molecule has 66 valence electrons. The average Bonchev–Trinajstić information content (AvgIpc) is 2.34. The Balaban J connectivity index is 2.96. The van der Waals surface area contributed by atoms with Crippen molar-refractivity contribution in [1.82, 2.24) is 15.0 Å². The molecule has 0 amide bonds. The van der Waals surface area contributed by atoms with E-state index in [-0.39, 0.29) is 0 Å². The zero-order chi connectivity index (χ0) is 9.14. The van der Waals surface area contributed by atoms with Crippen molar-refractivity contribution in [3.05, 3.63) is 16.1 Å². The Kier molecular flexibility index (Phi) is 2.32. The highest BCUT2D eigenvalue weighted by Gasteiger charge is 2.22. The summed E-state index contributed by atoms with van der Waals surface area (Å²) >= 11 is 0. The van der Waals surface area contributed by atoms with Gasteiger partial charge in [0, 0.05) is 6.54 Å². The number of hydrogen-bond acceptors (Lipinski definition) is 4. The van der Waals surface area contributed by atoms with E-state index in [1.165, 1.54) is 0 Å². The zero-order valence-corrected chi connectivity index (χ0v) is 6.40. The van der Waals surface area contributed by atoms with Gasteiger partial charge < -0.3 is 10.1 Å². The molecule has 0 radical (unpaired) electrons. The van der Waals surface area contributed by atoms with E-state index in [1.54, 1.807) is 0 Å². The van der Waals surface area contributed by atoms with Crippen LogP contribution in [0.5, 0.6) is 0 Å². The van der Waals surface area contributed by atoms with Crippen LogP contribution in [0, 0.1) is 16.1 Å². The minimum atomic E-state index is -0.984. The van der Waals surface area contributed by atoms with Gasteiger partial charge in [0.05, 0.1) is 5.21 Å². The fraction of sp³-hybridized carbons (Fsp3) is 0.600. The van der Waals surface area contributed by atoms with Crippen LogP contribution in [-0.2, 0) is 6.54 Å². The first-order chi connectivity index (χ1) is 5.66. The van der Waals surface area contributed by atoms with Gasteiger partial charge in [0.2, 0.25) is 0 Å². The van der Waals surface area contributed by atoms with Crippen molar-refractivity contribution in [2.45, 2.75) is 19.9 Å². The summed E-state index contributed by atoms with van der Waals surface area (Å²) in [6.07, 6.45) is 0.650. The van der Waals surface area contributed by atoms with Gasteiger partial charge in [-0.3, -0.25) is 0 Å². The molecule has 1 heterocycles. The Bertz CT molecular complexity index is 298. The molecule has 12 heavy (non-hydrogen) atoms.